The molecule has 0 radical (unpaired) electrons. The minimum atomic E-state index is -0.353. The van der Waals surface area contributed by atoms with E-state index in [-0.39, 0.29) is 23.4 Å². The molecule has 0 saturated heterocycles. The molecular formula is C29H29N3O2. The van der Waals surface area contributed by atoms with Gasteiger partial charge in [0.1, 0.15) is 5.82 Å². The Morgan fingerprint density at radius 2 is 1.68 bits per heavy atom. The van der Waals surface area contributed by atoms with E-state index in [2.05, 4.69) is 18.2 Å². The summed E-state index contributed by atoms with van der Waals surface area (Å²) in [4.78, 5) is 33.9. The zero-order valence-electron chi connectivity index (χ0n) is 19.9. The lowest BCUT2D eigenvalue weighted by Crippen LogP contribution is -2.36. The molecule has 0 N–H and O–H groups in total. The summed E-state index contributed by atoms with van der Waals surface area (Å²) in [5, 5.41) is 0.608. The van der Waals surface area contributed by atoms with Gasteiger partial charge in [-0.15, -0.1) is 0 Å². The maximum Gasteiger partial charge on any atom is 0.261 e. The fourth-order valence-electron chi connectivity index (χ4n) is 4.99. The van der Waals surface area contributed by atoms with Gasteiger partial charge in [0.2, 0.25) is 5.91 Å². The summed E-state index contributed by atoms with van der Waals surface area (Å²) in [5.74, 6) is 0.386. The highest BCUT2D eigenvalue weighted by molar-refractivity contribution is 6.05. The Kier molecular flexibility index (Phi) is 5.78. The van der Waals surface area contributed by atoms with Crippen molar-refractivity contribution in [2.24, 2.45) is 0 Å². The Morgan fingerprint density at radius 1 is 0.941 bits per heavy atom. The Hall–Kier alpha value is -3.73. The first-order chi connectivity index (χ1) is 16.4. The zero-order valence-corrected chi connectivity index (χ0v) is 19.9. The minimum absolute atomic E-state index is 0.0489. The van der Waals surface area contributed by atoms with E-state index >= 15 is 0 Å². The molecule has 34 heavy (non-hydrogen) atoms. The van der Waals surface area contributed by atoms with Gasteiger partial charge in [-0.2, -0.15) is 0 Å². The van der Waals surface area contributed by atoms with Crippen LogP contribution in [0.25, 0.3) is 10.9 Å². The number of para-hydroxylation sites is 1. The second kappa shape index (κ2) is 8.90. The number of aryl methyl sites for hydroxylation is 2. The highest BCUT2D eigenvalue weighted by Crippen LogP contribution is 2.40. The van der Waals surface area contributed by atoms with Gasteiger partial charge < -0.3 is 4.90 Å². The van der Waals surface area contributed by atoms with Crippen molar-refractivity contribution in [2.45, 2.75) is 52.1 Å². The number of hydrogen-bond donors (Lipinski definition) is 0. The number of nitrogens with zero attached hydrogens (tertiary/aromatic N) is 3. The van der Waals surface area contributed by atoms with Crippen molar-refractivity contribution in [3.8, 4) is 0 Å². The minimum Gasteiger partial charge on any atom is -0.309 e. The predicted molar refractivity (Wildman–Crippen MR) is 136 cm³/mol. The van der Waals surface area contributed by atoms with E-state index in [1.165, 1.54) is 0 Å². The van der Waals surface area contributed by atoms with E-state index < -0.39 is 0 Å². The lowest BCUT2D eigenvalue weighted by molar-refractivity contribution is -0.119. The Balaban J connectivity index is 1.59. The van der Waals surface area contributed by atoms with E-state index in [0.29, 0.717) is 29.7 Å². The molecule has 1 aliphatic heterocycles. The number of benzene rings is 3. The van der Waals surface area contributed by atoms with Crippen molar-refractivity contribution in [2.75, 3.05) is 4.90 Å². The monoisotopic (exact) mass is 451 g/mol. The Morgan fingerprint density at radius 3 is 2.44 bits per heavy atom. The van der Waals surface area contributed by atoms with Gasteiger partial charge in [0.05, 0.1) is 16.8 Å². The molecule has 2 heterocycles. The van der Waals surface area contributed by atoms with Crippen molar-refractivity contribution in [1.29, 1.82) is 0 Å². The number of carbonyl (C=O) groups is 1. The first-order valence-electron chi connectivity index (χ1n) is 11.9. The fraction of sp³-hybridized carbons (Fsp3) is 0.276. The van der Waals surface area contributed by atoms with Crippen molar-refractivity contribution in [3.63, 3.8) is 0 Å². The van der Waals surface area contributed by atoms with Crippen molar-refractivity contribution in [1.82, 2.24) is 9.55 Å². The number of amides is 1. The van der Waals surface area contributed by atoms with Gasteiger partial charge in [-0.3, -0.25) is 14.2 Å². The topological polar surface area (TPSA) is 55.2 Å². The molecule has 1 aliphatic rings. The molecule has 0 fully saturated rings. The van der Waals surface area contributed by atoms with Gasteiger partial charge in [0.25, 0.3) is 5.56 Å². The predicted octanol–water partition coefficient (Wildman–Crippen LogP) is 5.03. The second-order valence-electron chi connectivity index (χ2n) is 9.36. The Labute approximate surface area is 199 Å². The molecule has 0 bridgehead atoms. The molecule has 5 heteroatoms. The molecule has 0 saturated carbocycles. The standard InChI is InChI=1S/C29H29N3O2/c1-19(2)32-26-14-13-20(3)17-23(26)24(29(32)34)18-27-30-25-12-8-7-11-22(25)28(33)31(27)16-15-21-9-5-4-6-10-21/h4-14,17,19,24H,15-16,18H2,1-3H3/t24-/m0/s1. The average molecular weight is 452 g/mol. The van der Waals surface area contributed by atoms with Gasteiger partial charge in [-0.25, -0.2) is 4.98 Å². The molecule has 4 aromatic rings. The SMILES string of the molecule is Cc1ccc2c(c1)[C@H](Cc1nc3ccccc3c(=O)n1CCc1ccccc1)C(=O)N2C(C)C. The number of hydrogen-bond acceptors (Lipinski definition) is 3. The maximum atomic E-state index is 13.6. The summed E-state index contributed by atoms with van der Waals surface area (Å²) >= 11 is 0. The number of anilines is 1. The highest BCUT2D eigenvalue weighted by Gasteiger charge is 2.39. The molecule has 1 atom stereocenters. The van der Waals surface area contributed by atoms with Crippen LogP contribution in [-0.2, 0) is 24.2 Å². The van der Waals surface area contributed by atoms with Gasteiger partial charge >= 0.3 is 0 Å². The molecule has 5 rings (SSSR count). The summed E-state index contributed by atoms with van der Waals surface area (Å²) < 4.78 is 1.77. The second-order valence-corrected chi connectivity index (χ2v) is 9.36. The molecule has 0 spiro atoms. The van der Waals surface area contributed by atoms with Crippen LogP contribution in [0.2, 0.25) is 0 Å². The smallest absolute Gasteiger partial charge is 0.261 e. The number of rotatable bonds is 6. The number of fused-ring (bicyclic) bond motifs is 2. The van der Waals surface area contributed by atoms with Gasteiger partial charge in [0.15, 0.2) is 0 Å². The number of aromatic nitrogens is 2. The third-order valence-corrected chi connectivity index (χ3v) is 6.66. The van der Waals surface area contributed by atoms with Crippen molar-refractivity contribution >= 4 is 22.5 Å². The van der Waals surface area contributed by atoms with Crippen LogP contribution in [0, 0.1) is 6.92 Å². The summed E-state index contributed by atoms with van der Waals surface area (Å²) in [6.07, 6.45) is 1.12. The normalized spacial score (nSPS) is 15.4. The Bertz CT molecular complexity index is 1420. The van der Waals surface area contributed by atoms with E-state index in [4.69, 9.17) is 4.98 Å². The summed E-state index contributed by atoms with van der Waals surface area (Å²) in [6.45, 7) is 6.64. The third-order valence-electron chi connectivity index (χ3n) is 6.66. The number of carbonyl (C=O) groups excluding carboxylic acids is 1. The molecule has 172 valence electrons. The lowest BCUT2D eigenvalue weighted by Gasteiger charge is -2.22. The first-order valence-corrected chi connectivity index (χ1v) is 11.9. The molecular weight excluding hydrogens is 422 g/mol. The van der Waals surface area contributed by atoms with E-state index in [1.807, 2.05) is 80.3 Å². The van der Waals surface area contributed by atoms with Crippen LogP contribution in [0.3, 0.4) is 0 Å². The first kappa shape index (κ1) is 22.1. The summed E-state index contributed by atoms with van der Waals surface area (Å²) in [6, 6.07) is 23.9. The molecule has 1 amide bonds. The van der Waals surface area contributed by atoms with Crippen LogP contribution < -0.4 is 10.5 Å². The molecule has 5 nitrogen and oxygen atoms in total. The fourth-order valence-corrected chi connectivity index (χ4v) is 4.99. The summed E-state index contributed by atoms with van der Waals surface area (Å²) in [5.41, 5.74) is 4.90. The van der Waals surface area contributed by atoms with Gasteiger partial charge in [-0.1, -0.05) is 60.2 Å². The summed E-state index contributed by atoms with van der Waals surface area (Å²) in [7, 11) is 0. The van der Waals surface area contributed by atoms with Crippen molar-refractivity contribution < 1.29 is 4.79 Å². The molecule has 0 unspecified atom stereocenters. The third kappa shape index (κ3) is 3.92. The van der Waals surface area contributed by atoms with Crippen LogP contribution in [0.1, 0.15) is 42.3 Å². The van der Waals surface area contributed by atoms with E-state index in [0.717, 1.165) is 28.8 Å². The van der Waals surface area contributed by atoms with Crippen LogP contribution in [0.5, 0.6) is 0 Å². The lowest BCUT2D eigenvalue weighted by atomic mass is 9.95. The molecule has 1 aromatic heterocycles. The molecule has 0 aliphatic carbocycles. The van der Waals surface area contributed by atoms with E-state index in [9.17, 15) is 9.59 Å². The van der Waals surface area contributed by atoms with Crippen LogP contribution in [0.4, 0.5) is 5.69 Å². The van der Waals surface area contributed by atoms with Crippen molar-refractivity contribution in [3.05, 3.63) is 106 Å². The van der Waals surface area contributed by atoms with Gasteiger partial charge in [-0.05, 0) is 56.5 Å². The van der Waals surface area contributed by atoms with Gasteiger partial charge in [0, 0.05) is 24.7 Å². The quantitative estimate of drug-likeness (QED) is 0.413. The van der Waals surface area contributed by atoms with Crippen LogP contribution in [0.15, 0.2) is 77.6 Å². The van der Waals surface area contributed by atoms with Crippen LogP contribution in [-0.4, -0.2) is 21.5 Å². The highest BCUT2D eigenvalue weighted by atomic mass is 16.2. The zero-order chi connectivity index (χ0) is 23.8. The molecule has 3 aromatic carbocycles. The largest absolute Gasteiger partial charge is 0.309 e. The maximum absolute atomic E-state index is 13.6. The van der Waals surface area contributed by atoms with E-state index in [1.54, 1.807) is 4.57 Å². The average Bonchev–Trinajstić information content (AvgIpc) is 3.10. The van der Waals surface area contributed by atoms with Crippen LogP contribution >= 0.6 is 0 Å².